The van der Waals surface area contributed by atoms with Crippen LogP contribution in [0.4, 0.5) is 4.39 Å². The lowest BCUT2D eigenvalue weighted by molar-refractivity contribution is -0.138. The Morgan fingerprint density at radius 2 is 1.91 bits per heavy atom. The summed E-state index contributed by atoms with van der Waals surface area (Å²) in [6, 6.07) is 11.6. The summed E-state index contributed by atoms with van der Waals surface area (Å²) in [7, 11) is 1.40. The number of hydrogen-bond donors (Lipinski definition) is 1. The number of likely N-dealkylation sites (tertiary alicyclic amines) is 1. The van der Waals surface area contributed by atoms with Crippen LogP contribution in [0.5, 0.6) is 0 Å². The van der Waals surface area contributed by atoms with E-state index in [9.17, 15) is 18.8 Å². The van der Waals surface area contributed by atoms with Gasteiger partial charge in [0.15, 0.2) is 0 Å². The number of carbonyl (C=O) groups excluding carboxylic acids is 2. The number of hydrogen-bond acceptors (Lipinski definition) is 6. The summed E-state index contributed by atoms with van der Waals surface area (Å²) in [5, 5.41) is 6.81. The average molecular weight is 482 g/mol. The monoisotopic (exact) mass is 481 g/mol. The van der Waals surface area contributed by atoms with E-state index in [1.807, 2.05) is 42.5 Å². The molecule has 2 aromatic heterocycles. The SMILES string of the molecule is CC(C)c1ccc([C@@H](NC(=O)[C@@H]2C[C@@H](F)CN2C(=O)Cc2nn(C)c(=O)o2)c2ccccc2)nc1. The van der Waals surface area contributed by atoms with Gasteiger partial charge in [-0.3, -0.25) is 14.6 Å². The second-order valence-corrected chi connectivity index (χ2v) is 8.98. The van der Waals surface area contributed by atoms with Crippen molar-refractivity contribution in [1.29, 1.82) is 0 Å². The van der Waals surface area contributed by atoms with Gasteiger partial charge in [0.25, 0.3) is 0 Å². The zero-order valence-corrected chi connectivity index (χ0v) is 19.8. The summed E-state index contributed by atoms with van der Waals surface area (Å²) in [6.07, 6.45) is -0.0204. The normalized spacial score (nSPS) is 18.6. The molecule has 1 aromatic carbocycles. The van der Waals surface area contributed by atoms with Crippen molar-refractivity contribution in [3.8, 4) is 0 Å². The second-order valence-electron chi connectivity index (χ2n) is 8.98. The van der Waals surface area contributed by atoms with Gasteiger partial charge >= 0.3 is 5.76 Å². The summed E-state index contributed by atoms with van der Waals surface area (Å²) >= 11 is 0. The molecule has 3 heterocycles. The number of nitrogens with zero attached hydrogens (tertiary/aromatic N) is 4. The first-order valence-electron chi connectivity index (χ1n) is 11.5. The van der Waals surface area contributed by atoms with Crippen LogP contribution < -0.4 is 11.1 Å². The van der Waals surface area contributed by atoms with E-state index in [1.165, 1.54) is 11.9 Å². The van der Waals surface area contributed by atoms with Gasteiger partial charge < -0.3 is 14.6 Å². The van der Waals surface area contributed by atoms with Crippen molar-refractivity contribution in [3.63, 3.8) is 0 Å². The third-order valence-electron chi connectivity index (χ3n) is 6.10. The van der Waals surface area contributed by atoms with Crippen molar-refractivity contribution >= 4 is 11.8 Å². The lowest BCUT2D eigenvalue weighted by Gasteiger charge is -2.26. The number of benzene rings is 1. The van der Waals surface area contributed by atoms with Crippen LogP contribution >= 0.6 is 0 Å². The average Bonchev–Trinajstić information content (AvgIpc) is 3.39. The lowest BCUT2D eigenvalue weighted by Crippen LogP contribution is -2.47. The van der Waals surface area contributed by atoms with Gasteiger partial charge in [0.05, 0.1) is 18.3 Å². The minimum absolute atomic E-state index is 0.0828. The highest BCUT2D eigenvalue weighted by atomic mass is 19.1. The van der Waals surface area contributed by atoms with Gasteiger partial charge in [-0.2, -0.15) is 4.68 Å². The maximum absolute atomic E-state index is 14.4. The number of alkyl halides is 1. The Bertz CT molecular complexity index is 1240. The molecule has 2 amide bonds. The minimum Gasteiger partial charge on any atom is -0.392 e. The third kappa shape index (κ3) is 5.47. The molecule has 0 radical (unpaired) electrons. The van der Waals surface area contributed by atoms with Crippen molar-refractivity contribution in [2.24, 2.45) is 7.05 Å². The predicted octanol–water partition coefficient (Wildman–Crippen LogP) is 2.28. The maximum atomic E-state index is 14.4. The standard InChI is InChI=1S/C25H28FN5O4/c1-15(2)17-9-10-19(27-13-17)23(16-7-5-4-6-8-16)28-24(33)20-11-18(26)14-31(20)22(32)12-21-29-30(3)25(34)35-21/h4-10,13,15,18,20,23H,11-12,14H2,1-3H3,(H,28,33)/t18-,20+,23+/m1/s1. The summed E-state index contributed by atoms with van der Waals surface area (Å²) in [5.41, 5.74) is 2.52. The van der Waals surface area contributed by atoms with Crippen molar-refractivity contribution in [1.82, 2.24) is 25.0 Å². The molecule has 1 saturated heterocycles. The second kappa shape index (κ2) is 10.2. The van der Waals surface area contributed by atoms with Crippen LogP contribution in [0, 0.1) is 0 Å². The highest BCUT2D eigenvalue weighted by Gasteiger charge is 2.41. The quantitative estimate of drug-likeness (QED) is 0.554. The molecule has 0 spiro atoms. The highest BCUT2D eigenvalue weighted by molar-refractivity contribution is 5.89. The number of rotatable bonds is 7. The first-order valence-corrected chi connectivity index (χ1v) is 11.5. The largest absolute Gasteiger partial charge is 0.436 e. The number of pyridine rings is 1. The maximum Gasteiger partial charge on any atom is 0.436 e. The van der Waals surface area contributed by atoms with Gasteiger partial charge in [-0.15, -0.1) is 5.10 Å². The Kier molecular flexibility index (Phi) is 7.09. The number of aromatic nitrogens is 3. The van der Waals surface area contributed by atoms with Gasteiger partial charge in [0.2, 0.25) is 17.7 Å². The Labute approximate surface area is 202 Å². The summed E-state index contributed by atoms with van der Waals surface area (Å²) in [4.78, 5) is 43.5. The van der Waals surface area contributed by atoms with E-state index in [4.69, 9.17) is 4.42 Å². The summed E-state index contributed by atoms with van der Waals surface area (Å²) in [5.74, 6) is -1.49. The van der Waals surface area contributed by atoms with Gasteiger partial charge in [-0.05, 0) is 23.1 Å². The van der Waals surface area contributed by atoms with Crippen LogP contribution in [-0.2, 0) is 23.1 Å². The van der Waals surface area contributed by atoms with Crippen LogP contribution in [0.3, 0.4) is 0 Å². The molecule has 10 heteroatoms. The predicted molar refractivity (Wildman–Crippen MR) is 125 cm³/mol. The Morgan fingerprint density at radius 3 is 2.51 bits per heavy atom. The highest BCUT2D eigenvalue weighted by Crippen LogP contribution is 2.26. The van der Waals surface area contributed by atoms with Crippen molar-refractivity contribution < 1.29 is 18.4 Å². The summed E-state index contributed by atoms with van der Waals surface area (Å²) < 4.78 is 20.3. The Hall–Kier alpha value is -3.82. The van der Waals surface area contributed by atoms with E-state index in [0.29, 0.717) is 11.6 Å². The fourth-order valence-electron chi connectivity index (χ4n) is 4.15. The van der Waals surface area contributed by atoms with Crippen molar-refractivity contribution in [2.75, 3.05) is 6.54 Å². The third-order valence-corrected chi connectivity index (χ3v) is 6.10. The molecule has 4 rings (SSSR count). The van der Waals surface area contributed by atoms with E-state index < -0.39 is 35.8 Å². The van der Waals surface area contributed by atoms with E-state index >= 15 is 0 Å². The number of halogens is 1. The molecule has 35 heavy (non-hydrogen) atoms. The fourth-order valence-corrected chi connectivity index (χ4v) is 4.15. The van der Waals surface area contributed by atoms with Gasteiger partial charge in [-0.1, -0.05) is 50.2 Å². The molecule has 3 aromatic rings. The molecular weight excluding hydrogens is 453 g/mol. The molecule has 9 nitrogen and oxygen atoms in total. The molecule has 3 atom stereocenters. The smallest absolute Gasteiger partial charge is 0.392 e. The van der Waals surface area contributed by atoms with Crippen LogP contribution in [0.2, 0.25) is 0 Å². The summed E-state index contributed by atoms with van der Waals surface area (Å²) in [6.45, 7) is 3.93. The van der Waals surface area contributed by atoms with Gasteiger partial charge in [-0.25, -0.2) is 9.18 Å². The van der Waals surface area contributed by atoms with Crippen LogP contribution in [0.15, 0.2) is 57.9 Å². The fraction of sp³-hybridized carbons (Fsp3) is 0.400. The topological polar surface area (TPSA) is 110 Å². The van der Waals surface area contributed by atoms with Crippen molar-refractivity contribution in [2.45, 2.75) is 50.9 Å². The van der Waals surface area contributed by atoms with E-state index in [-0.39, 0.29) is 25.3 Å². The molecule has 1 N–H and O–H groups in total. The number of aryl methyl sites for hydroxylation is 1. The zero-order chi connectivity index (χ0) is 25.1. The molecular formula is C25H28FN5O4. The number of carbonyl (C=O) groups is 2. The minimum atomic E-state index is -1.34. The first kappa shape index (κ1) is 24.3. The van der Waals surface area contributed by atoms with E-state index in [0.717, 1.165) is 15.8 Å². The molecule has 184 valence electrons. The van der Waals surface area contributed by atoms with Crippen LogP contribution in [0.25, 0.3) is 0 Å². The number of amides is 2. The molecule has 0 unspecified atom stereocenters. The molecule has 0 saturated carbocycles. The molecule has 0 bridgehead atoms. The zero-order valence-electron chi connectivity index (χ0n) is 19.8. The van der Waals surface area contributed by atoms with E-state index in [2.05, 4.69) is 29.2 Å². The van der Waals surface area contributed by atoms with Gasteiger partial charge in [0.1, 0.15) is 18.6 Å². The Morgan fingerprint density at radius 1 is 1.17 bits per heavy atom. The van der Waals surface area contributed by atoms with Crippen molar-refractivity contribution in [3.05, 3.63) is 81.9 Å². The molecule has 0 aliphatic carbocycles. The first-order chi connectivity index (χ1) is 16.7. The van der Waals surface area contributed by atoms with Gasteiger partial charge in [0, 0.05) is 19.7 Å². The Balaban J connectivity index is 1.55. The van der Waals surface area contributed by atoms with Crippen LogP contribution in [-0.4, -0.2) is 50.2 Å². The van der Waals surface area contributed by atoms with Crippen LogP contribution in [0.1, 0.15) is 54.9 Å². The molecule has 1 fully saturated rings. The van der Waals surface area contributed by atoms with E-state index in [1.54, 1.807) is 6.20 Å². The lowest BCUT2D eigenvalue weighted by atomic mass is 10.00. The number of nitrogens with one attached hydrogen (secondary N) is 1. The molecule has 1 aliphatic rings. The molecule has 1 aliphatic heterocycles.